The minimum Gasteiger partial charge on any atom is -0.493 e. The SMILES string of the molecule is CCCCCOc1cc(N2CCCN(Cc3cccc4c3ccn4CC(=O)N3CCOC(CN(C)C)C3)C2=O)ccc1OC. The van der Waals surface area contributed by atoms with Gasteiger partial charge in [-0.25, -0.2) is 4.79 Å². The molecule has 2 aliphatic heterocycles. The number of urea groups is 1. The van der Waals surface area contributed by atoms with Crippen molar-refractivity contribution in [1.29, 1.82) is 0 Å². The highest BCUT2D eigenvalue weighted by molar-refractivity contribution is 5.93. The molecule has 0 radical (unpaired) electrons. The van der Waals surface area contributed by atoms with Crippen molar-refractivity contribution in [2.75, 3.05) is 72.0 Å². The van der Waals surface area contributed by atoms with Crippen LogP contribution in [0.4, 0.5) is 10.5 Å². The number of fused-ring (bicyclic) bond motifs is 1. The van der Waals surface area contributed by atoms with Crippen LogP contribution < -0.4 is 14.4 Å². The Labute approximate surface area is 261 Å². The van der Waals surface area contributed by atoms with E-state index in [1.54, 1.807) is 7.11 Å². The summed E-state index contributed by atoms with van der Waals surface area (Å²) in [5.41, 5.74) is 2.87. The molecular weight excluding hydrogens is 558 g/mol. The maximum atomic E-state index is 13.8. The minimum absolute atomic E-state index is 0.0236. The van der Waals surface area contributed by atoms with E-state index in [0.717, 1.165) is 54.4 Å². The fraction of sp³-hybridized carbons (Fsp3) is 0.529. The zero-order chi connectivity index (χ0) is 31.1. The Kier molecular flexibility index (Phi) is 10.7. The summed E-state index contributed by atoms with van der Waals surface area (Å²) in [6, 6.07) is 13.9. The van der Waals surface area contributed by atoms with Crippen molar-refractivity contribution in [3.8, 4) is 11.5 Å². The monoisotopic (exact) mass is 605 g/mol. The maximum absolute atomic E-state index is 13.8. The third-order valence-corrected chi connectivity index (χ3v) is 8.41. The Morgan fingerprint density at radius 1 is 1.07 bits per heavy atom. The molecule has 0 aliphatic carbocycles. The third kappa shape index (κ3) is 7.47. The van der Waals surface area contributed by atoms with Crippen LogP contribution in [0.2, 0.25) is 0 Å². The van der Waals surface area contributed by atoms with Crippen molar-refractivity contribution >= 4 is 28.5 Å². The highest BCUT2D eigenvalue weighted by Crippen LogP contribution is 2.34. The number of morpholine rings is 1. The van der Waals surface area contributed by atoms with E-state index in [-0.39, 0.29) is 24.6 Å². The Hall–Kier alpha value is -3.76. The van der Waals surface area contributed by atoms with Crippen molar-refractivity contribution in [3.63, 3.8) is 0 Å². The number of carbonyl (C=O) groups excluding carboxylic acids is 2. The topological polar surface area (TPSA) is 79.7 Å². The quantitative estimate of drug-likeness (QED) is 0.260. The number of likely N-dealkylation sites (N-methyl/N-ethyl adjacent to an activating group) is 1. The standard InChI is InChI=1S/C34H47N5O5/c1-5-6-7-19-44-32-21-27(12-13-31(32)42-4)39-16-9-15-38(34(39)41)22-26-10-8-11-30-29(26)14-17-36(30)25-33(40)37-18-20-43-28(24-37)23-35(2)3/h8,10-14,17,21,28H,5-7,9,15-16,18-20,22-25H2,1-4H3. The van der Waals surface area contributed by atoms with Crippen LogP contribution >= 0.6 is 0 Å². The lowest BCUT2D eigenvalue weighted by molar-refractivity contribution is -0.139. The van der Waals surface area contributed by atoms with E-state index in [2.05, 4.69) is 24.0 Å². The number of benzene rings is 2. The van der Waals surface area contributed by atoms with E-state index in [0.29, 0.717) is 57.4 Å². The predicted molar refractivity (Wildman–Crippen MR) is 173 cm³/mol. The number of hydrogen-bond donors (Lipinski definition) is 0. The van der Waals surface area contributed by atoms with Crippen LogP contribution in [-0.4, -0.2) is 104 Å². The molecule has 3 heterocycles. The summed E-state index contributed by atoms with van der Waals surface area (Å²) in [5, 5.41) is 1.06. The molecular formula is C34H47N5O5. The number of unbranched alkanes of at least 4 members (excludes halogenated alkanes) is 2. The molecule has 0 spiro atoms. The van der Waals surface area contributed by atoms with E-state index >= 15 is 0 Å². The lowest BCUT2D eigenvalue weighted by atomic mass is 10.1. The van der Waals surface area contributed by atoms with Gasteiger partial charge in [0.2, 0.25) is 5.91 Å². The fourth-order valence-corrected chi connectivity index (χ4v) is 6.13. The van der Waals surface area contributed by atoms with Gasteiger partial charge in [-0.2, -0.15) is 0 Å². The van der Waals surface area contributed by atoms with Gasteiger partial charge in [0.15, 0.2) is 11.5 Å². The summed E-state index contributed by atoms with van der Waals surface area (Å²) in [6.07, 6.45) is 6.09. The van der Waals surface area contributed by atoms with Gasteiger partial charge in [-0.1, -0.05) is 31.9 Å². The van der Waals surface area contributed by atoms with E-state index in [1.807, 2.05) is 69.9 Å². The lowest BCUT2D eigenvalue weighted by Gasteiger charge is -2.36. The normalized spacial score (nSPS) is 17.5. The number of ether oxygens (including phenoxy) is 3. The van der Waals surface area contributed by atoms with Crippen LogP contribution in [0.3, 0.4) is 0 Å². The molecule has 238 valence electrons. The fourth-order valence-electron chi connectivity index (χ4n) is 6.13. The summed E-state index contributed by atoms with van der Waals surface area (Å²) >= 11 is 0. The maximum Gasteiger partial charge on any atom is 0.324 e. The van der Waals surface area contributed by atoms with Gasteiger partial charge in [0, 0.05) is 68.1 Å². The second-order valence-electron chi connectivity index (χ2n) is 12.0. The predicted octanol–water partition coefficient (Wildman–Crippen LogP) is 4.84. The summed E-state index contributed by atoms with van der Waals surface area (Å²) in [5.74, 6) is 1.43. The Morgan fingerprint density at radius 3 is 2.73 bits per heavy atom. The summed E-state index contributed by atoms with van der Waals surface area (Å²) < 4.78 is 19.4. The van der Waals surface area contributed by atoms with Crippen molar-refractivity contribution in [3.05, 3.63) is 54.2 Å². The first-order chi connectivity index (χ1) is 21.4. The molecule has 1 unspecified atom stereocenters. The highest BCUT2D eigenvalue weighted by atomic mass is 16.5. The molecule has 3 amide bonds. The summed E-state index contributed by atoms with van der Waals surface area (Å²) in [7, 11) is 5.67. The number of anilines is 1. The molecule has 2 aliphatic rings. The number of methoxy groups -OCH3 is 1. The highest BCUT2D eigenvalue weighted by Gasteiger charge is 2.29. The zero-order valence-electron chi connectivity index (χ0n) is 26.7. The Morgan fingerprint density at radius 2 is 1.93 bits per heavy atom. The van der Waals surface area contributed by atoms with Gasteiger partial charge >= 0.3 is 6.03 Å². The Bertz CT molecular complexity index is 1420. The molecule has 1 atom stereocenters. The molecule has 5 rings (SSSR count). The molecule has 44 heavy (non-hydrogen) atoms. The lowest BCUT2D eigenvalue weighted by Crippen LogP contribution is -2.49. The van der Waals surface area contributed by atoms with Gasteiger partial charge in [0.05, 0.1) is 26.4 Å². The van der Waals surface area contributed by atoms with Crippen molar-refractivity contribution < 1.29 is 23.8 Å². The van der Waals surface area contributed by atoms with Crippen LogP contribution in [0.15, 0.2) is 48.7 Å². The molecule has 2 saturated heterocycles. The third-order valence-electron chi connectivity index (χ3n) is 8.41. The van der Waals surface area contributed by atoms with Gasteiger partial charge < -0.3 is 33.5 Å². The van der Waals surface area contributed by atoms with Gasteiger partial charge in [-0.3, -0.25) is 9.69 Å². The van der Waals surface area contributed by atoms with E-state index in [1.165, 1.54) is 0 Å². The van der Waals surface area contributed by atoms with Crippen LogP contribution in [0.25, 0.3) is 10.9 Å². The van der Waals surface area contributed by atoms with Crippen LogP contribution in [-0.2, 0) is 22.6 Å². The molecule has 0 bridgehead atoms. The number of rotatable bonds is 13. The first-order valence-electron chi connectivity index (χ1n) is 15.9. The van der Waals surface area contributed by atoms with Gasteiger partial charge in [0.25, 0.3) is 0 Å². The molecule has 10 heteroatoms. The minimum atomic E-state index is -0.0236. The molecule has 2 fully saturated rings. The van der Waals surface area contributed by atoms with Crippen molar-refractivity contribution in [2.24, 2.45) is 0 Å². The smallest absolute Gasteiger partial charge is 0.324 e. The first kappa shape index (κ1) is 31.7. The average Bonchev–Trinajstić information content (AvgIpc) is 3.43. The number of hydrogen-bond acceptors (Lipinski definition) is 6. The molecule has 3 aromatic rings. The van der Waals surface area contributed by atoms with Crippen LogP contribution in [0.5, 0.6) is 11.5 Å². The number of carbonyl (C=O) groups is 2. The van der Waals surface area contributed by atoms with Crippen molar-refractivity contribution in [1.82, 2.24) is 19.3 Å². The summed E-state index contributed by atoms with van der Waals surface area (Å²) in [4.78, 5) is 34.8. The number of amides is 3. The first-order valence-corrected chi connectivity index (χ1v) is 15.9. The largest absolute Gasteiger partial charge is 0.493 e. The van der Waals surface area contributed by atoms with E-state index in [9.17, 15) is 9.59 Å². The van der Waals surface area contributed by atoms with Gasteiger partial charge in [0.1, 0.15) is 6.54 Å². The van der Waals surface area contributed by atoms with E-state index in [4.69, 9.17) is 14.2 Å². The van der Waals surface area contributed by atoms with E-state index < -0.39 is 0 Å². The number of nitrogens with zero attached hydrogens (tertiary/aromatic N) is 5. The summed E-state index contributed by atoms with van der Waals surface area (Å²) in [6.45, 7) is 7.46. The molecule has 10 nitrogen and oxygen atoms in total. The second kappa shape index (κ2) is 14.8. The number of aromatic nitrogens is 1. The average molecular weight is 606 g/mol. The molecule has 2 aromatic carbocycles. The molecule has 0 saturated carbocycles. The molecule has 1 aromatic heterocycles. The van der Waals surface area contributed by atoms with Crippen LogP contribution in [0, 0.1) is 0 Å². The zero-order valence-corrected chi connectivity index (χ0v) is 26.7. The van der Waals surface area contributed by atoms with Crippen molar-refractivity contribution in [2.45, 2.75) is 51.8 Å². The molecule has 0 N–H and O–H groups in total. The Balaban J connectivity index is 1.27. The van der Waals surface area contributed by atoms with Crippen LogP contribution in [0.1, 0.15) is 38.2 Å². The van der Waals surface area contributed by atoms with Gasteiger partial charge in [-0.05, 0) is 56.8 Å². The van der Waals surface area contributed by atoms with Gasteiger partial charge in [-0.15, -0.1) is 0 Å². The second-order valence-corrected chi connectivity index (χ2v) is 12.0.